The Labute approximate surface area is 103 Å². The van der Waals surface area contributed by atoms with Crippen molar-refractivity contribution in [2.45, 2.75) is 39.7 Å². The van der Waals surface area contributed by atoms with E-state index >= 15 is 0 Å². The summed E-state index contributed by atoms with van der Waals surface area (Å²) in [6.07, 6.45) is 2.48. The molecule has 2 rings (SSSR count). The SMILES string of the molecule is Cc1noc(N2CCCC(CNC(C)C)C2)n1. The zero-order valence-electron chi connectivity index (χ0n) is 10.9. The lowest BCUT2D eigenvalue weighted by atomic mass is 9.98. The standard InChI is InChI=1S/C12H22N4O/c1-9(2)13-7-11-5-4-6-16(8-11)12-14-10(3)15-17-12/h9,11,13H,4-8H2,1-3H3. The molecule has 1 atom stereocenters. The van der Waals surface area contributed by atoms with Gasteiger partial charge in [-0.05, 0) is 32.2 Å². The molecule has 2 heterocycles. The summed E-state index contributed by atoms with van der Waals surface area (Å²) in [5, 5.41) is 7.35. The summed E-state index contributed by atoms with van der Waals surface area (Å²) in [6, 6.07) is 1.23. The first-order chi connectivity index (χ1) is 8.15. The molecular formula is C12H22N4O. The Morgan fingerprint density at radius 1 is 1.53 bits per heavy atom. The lowest BCUT2D eigenvalue weighted by Gasteiger charge is -2.31. The first-order valence-electron chi connectivity index (χ1n) is 6.44. The van der Waals surface area contributed by atoms with Crippen LogP contribution in [0.5, 0.6) is 0 Å². The molecular weight excluding hydrogens is 216 g/mol. The Hall–Kier alpha value is -1.10. The highest BCUT2D eigenvalue weighted by atomic mass is 16.5. The molecule has 17 heavy (non-hydrogen) atoms. The average molecular weight is 238 g/mol. The van der Waals surface area contributed by atoms with Crippen molar-refractivity contribution < 1.29 is 4.52 Å². The molecule has 0 aromatic carbocycles. The summed E-state index contributed by atoms with van der Waals surface area (Å²) in [4.78, 5) is 6.50. The minimum atomic E-state index is 0.552. The highest BCUT2D eigenvalue weighted by Crippen LogP contribution is 2.21. The molecule has 0 aliphatic carbocycles. The Balaban J connectivity index is 1.88. The molecule has 0 saturated carbocycles. The predicted molar refractivity (Wildman–Crippen MR) is 67.1 cm³/mol. The number of aryl methyl sites for hydroxylation is 1. The largest absolute Gasteiger partial charge is 0.324 e. The molecule has 0 spiro atoms. The van der Waals surface area contributed by atoms with Crippen LogP contribution in [0.2, 0.25) is 0 Å². The van der Waals surface area contributed by atoms with Crippen LogP contribution in [0.1, 0.15) is 32.5 Å². The molecule has 5 heteroatoms. The summed E-state index contributed by atoms with van der Waals surface area (Å²) in [5.41, 5.74) is 0. The predicted octanol–water partition coefficient (Wildman–Crippen LogP) is 1.59. The summed E-state index contributed by atoms with van der Waals surface area (Å²) in [5.74, 6) is 1.39. The second kappa shape index (κ2) is 5.49. The van der Waals surface area contributed by atoms with Crippen molar-refractivity contribution in [3.8, 4) is 0 Å². The van der Waals surface area contributed by atoms with Gasteiger partial charge in [0.05, 0.1) is 0 Å². The molecule has 1 fully saturated rings. The van der Waals surface area contributed by atoms with E-state index in [4.69, 9.17) is 4.52 Å². The number of hydrogen-bond donors (Lipinski definition) is 1. The number of nitrogens with zero attached hydrogens (tertiary/aromatic N) is 3. The fourth-order valence-electron chi connectivity index (χ4n) is 2.22. The van der Waals surface area contributed by atoms with Gasteiger partial charge in [0.2, 0.25) is 0 Å². The van der Waals surface area contributed by atoms with E-state index in [0.717, 1.165) is 19.6 Å². The van der Waals surface area contributed by atoms with Gasteiger partial charge in [0.1, 0.15) is 0 Å². The maximum absolute atomic E-state index is 5.22. The highest BCUT2D eigenvalue weighted by molar-refractivity contribution is 5.25. The fraction of sp³-hybridized carbons (Fsp3) is 0.833. The van der Waals surface area contributed by atoms with Crippen LogP contribution in [-0.4, -0.2) is 35.8 Å². The van der Waals surface area contributed by atoms with E-state index in [1.54, 1.807) is 0 Å². The van der Waals surface area contributed by atoms with Crippen LogP contribution < -0.4 is 10.2 Å². The zero-order chi connectivity index (χ0) is 12.3. The van der Waals surface area contributed by atoms with Gasteiger partial charge < -0.3 is 14.7 Å². The van der Waals surface area contributed by atoms with Crippen LogP contribution in [0.3, 0.4) is 0 Å². The van der Waals surface area contributed by atoms with Crippen molar-refractivity contribution >= 4 is 6.01 Å². The molecule has 96 valence electrons. The molecule has 0 amide bonds. The third-order valence-corrected chi connectivity index (χ3v) is 3.12. The maximum Gasteiger partial charge on any atom is 0.324 e. The first-order valence-corrected chi connectivity index (χ1v) is 6.44. The summed E-state index contributed by atoms with van der Waals surface area (Å²) in [7, 11) is 0. The Morgan fingerprint density at radius 3 is 3.00 bits per heavy atom. The molecule has 0 radical (unpaired) electrons. The Kier molecular flexibility index (Phi) is 3.99. The van der Waals surface area contributed by atoms with E-state index in [0.29, 0.717) is 23.8 Å². The van der Waals surface area contributed by atoms with Crippen LogP contribution in [0, 0.1) is 12.8 Å². The van der Waals surface area contributed by atoms with Gasteiger partial charge in [-0.3, -0.25) is 0 Å². The van der Waals surface area contributed by atoms with Crippen molar-refractivity contribution in [1.29, 1.82) is 0 Å². The fourth-order valence-corrected chi connectivity index (χ4v) is 2.22. The minimum Gasteiger partial charge on any atom is -0.324 e. The molecule has 1 unspecified atom stereocenters. The van der Waals surface area contributed by atoms with Crippen LogP contribution >= 0.6 is 0 Å². The van der Waals surface area contributed by atoms with Crippen molar-refractivity contribution in [2.24, 2.45) is 5.92 Å². The molecule has 5 nitrogen and oxygen atoms in total. The number of hydrogen-bond acceptors (Lipinski definition) is 5. The lowest BCUT2D eigenvalue weighted by Crippen LogP contribution is -2.41. The molecule has 1 saturated heterocycles. The average Bonchev–Trinajstić information content (AvgIpc) is 2.74. The number of piperidine rings is 1. The number of anilines is 1. The molecule has 1 aromatic heterocycles. The number of aromatic nitrogens is 2. The normalized spacial score (nSPS) is 21.2. The van der Waals surface area contributed by atoms with Gasteiger partial charge >= 0.3 is 6.01 Å². The lowest BCUT2D eigenvalue weighted by molar-refractivity contribution is 0.347. The van der Waals surface area contributed by atoms with E-state index in [9.17, 15) is 0 Å². The van der Waals surface area contributed by atoms with Gasteiger partial charge in [-0.1, -0.05) is 19.0 Å². The van der Waals surface area contributed by atoms with Gasteiger partial charge in [0.25, 0.3) is 0 Å². The quantitative estimate of drug-likeness (QED) is 0.863. The smallest absolute Gasteiger partial charge is 0.324 e. The molecule has 1 N–H and O–H groups in total. The number of nitrogens with one attached hydrogen (secondary N) is 1. The molecule has 1 aromatic rings. The summed E-state index contributed by atoms with van der Waals surface area (Å²) in [6.45, 7) is 9.33. The molecule has 1 aliphatic rings. The van der Waals surface area contributed by atoms with Crippen LogP contribution in [0.25, 0.3) is 0 Å². The van der Waals surface area contributed by atoms with Gasteiger partial charge in [-0.2, -0.15) is 4.98 Å². The van der Waals surface area contributed by atoms with Crippen molar-refractivity contribution in [1.82, 2.24) is 15.5 Å². The number of rotatable bonds is 4. The second-order valence-electron chi connectivity index (χ2n) is 5.14. The van der Waals surface area contributed by atoms with Crippen molar-refractivity contribution in [3.63, 3.8) is 0 Å². The third-order valence-electron chi connectivity index (χ3n) is 3.12. The van der Waals surface area contributed by atoms with Gasteiger partial charge in [0, 0.05) is 19.1 Å². The van der Waals surface area contributed by atoms with Crippen molar-refractivity contribution in [3.05, 3.63) is 5.82 Å². The van der Waals surface area contributed by atoms with E-state index in [-0.39, 0.29) is 0 Å². The van der Waals surface area contributed by atoms with Gasteiger partial charge in [-0.15, -0.1) is 0 Å². The van der Waals surface area contributed by atoms with E-state index in [1.165, 1.54) is 12.8 Å². The topological polar surface area (TPSA) is 54.2 Å². The Morgan fingerprint density at radius 2 is 2.35 bits per heavy atom. The molecule has 1 aliphatic heterocycles. The van der Waals surface area contributed by atoms with E-state index in [2.05, 4.69) is 34.2 Å². The van der Waals surface area contributed by atoms with E-state index < -0.39 is 0 Å². The zero-order valence-corrected chi connectivity index (χ0v) is 10.9. The van der Waals surface area contributed by atoms with Gasteiger partial charge in [-0.25, -0.2) is 0 Å². The van der Waals surface area contributed by atoms with Crippen LogP contribution in [0.15, 0.2) is 4.52 Å². The van der Waals surface area contributed by atoms with Crippen LogP contribution in [0.4, 0.5) is 6.01 Å². The third kappa shape index (κ3) is 3.43. The van der Waals surface area contributed by atoms with Gasteiger partial charge in [0.15, 0.2) is 5.82 Å². The summed E-state index contributed by atoms with van der Waals surface area (Å²) < 4.78 is 5.22. The van der Waals surface area contributed by atoms with E-state index in [1.807, 2.05) is 6.92 Å². The Bertz CT molecular complexity index is 350. The minimum absolute atomic E-state index is 0.552. The maximum atomic E-state index is 5.22. The van der Waals surface area contributed by atoms with Crippen molar-refractivity contribution in [2.75, 3.05) is 24.5 Å². The highest BCUT2D eigenvalue weighted by Gasteiger charge is 2.23. The first kappa shape index (κ1) is 12.4. The second-order valence-corrected chi connectivity index (χ2v) is 5.14. The summed E-state index contributed by atoms with van der Waals surface area (Å²) >= 11 is 0. The monoisotopic (exact) mass is 238 g/mol. The molecule has 0 bridgehead atoms. The van der Waals surface area contributed by atoms with Crippen LogP contribution in [-0.2, 0) is 0 Å².